The summed E-state index contributed by atoms with van der Waals surface area (Å²) in [6.45, 7) is 7.90. The van der Waals surface area contributed by atoms with Crippen LogP contribution in [-0.4, -0.2) is 39.8 Å². The maximum atomic E-state index is 12.8. The summed E-state index contributed by atoms with van der Waals surface area (Å²) in [5.41, 5.74) is 3.27. The highest BCUT2D eigenvalue weighted by molar-refractivity contribution is 5.80. The van der Waals surface area contributed by atoms with Gasteiger partial charge in [0.05, 0.1) is 18.3 Å². The van der Waals surface area contributed by atoms with Crippen molar-refractivity contribution < 1.29 is 9.53 Å². The van der Waals surface area contributed by atoms with Gasteiger partial charge in [-0.05, 0) is 45.2 Å². The number of piperidine rings is 1. The number of hydrogen-bond donors (Lipinski definition) is 0. The Morgan fingerprint density at radius 3 is 2.76 bits per heavy atom. The van der Waals surface area contributed by atoms with Crippen molar-refractivity contribution in [1.82, 2.24) is 14.7 Å². The van der Waals surface area contributed by atoms with Crippen molar-refractivity contribution in [2.45, 2.75) is 52.4 Å². The van der Waals surface area contributed by atoms with Crippen LogP contribution in [0.2, 0.25) is 0 Å². The van der Waals surface area contributed by atoms with E-state index in [0.717, 1.165) is 36.3 Å². The molecule has 0 bridgehead atoms. The molecule has 0 saturated carbocycles. The van der Waals surface area contributed by atoms with Crippen LogP contribution in [0.25, 0.3) is 0 Å². The van der Waals surface area contributed by atoms with Crippen molar-refractivity contribution in [2.24, 2.45) is 0 Å². The number of aryl methyl sites for hydroxylation is 2. The van der Waals surface area contributed by atoms with Gasteiger partial charge in [-0.3, -0.25) is 9.48 Å². The summed E-state index contributed by atoms with van der Waals surface area (Å²) in [4.78, 5) is 14.7. The van der Waals surface area contributed by atoms with E-state index in [-0.39, 0.29) is 11.9 Å². The predicted octanol–water partition coefficient (Wildman–Crippen LogP) is 3.27. The summed E-state index contributed by atoms with van der Waals surface area (Å²) in [6, 6.07) is 12.3. The van der Waals surface area contributed by atoms with E-state index in [1.165, 1.54) is 0 Å². The van der Waals surface area contributed by atoms with E-state index in [1.807, 2.05) is 49.1 Å². The fourth-order valence-corrected chi connectivity index (χ4v) is 3.49. The Bertz CT molecular complexity index is 711. The molecule has 1 aromatic heterocycles. The number of benzene rings is 1. The average molecular weight is 341 g/mol. The summed E-state index contributed by atoms with van der Waals surface area (Å²) < 4.78 is 7.87. The fourth-order valence-electron chi connectivity index (χ4n) is 3.49. The number of carbonyl (C=O) groups is 1. The van der Waals surface area contributed by atoms with E-state index in [4.69, 9.17) is 4.74 Å². The highest BCUT2D eigenvalue weighted by atomic mass is 16.5. The van der Waals surface area contributed by atoms with E-state index in [0.29, 0.717) is 13.2 Å². The maximum absolute atomic E-state index is 12.8. The molecule has 1 aliphatic heterocycles. The first kappa shape index (κ1) is 17.7. The highest BCUT2D eigenvalue weighted by Crippen LogP contribution is 2.23. The number of carbonyl (C=O) groups excluding carboxylic acids is 1. The van der Waals surface area contributed by atoms with E-state index >= 15 is 0 Å². The van der Waals surface area contributed by atoms with Crippen molar-refractivity contribution in [3.8, 4) is 0 Å². The van der Waals surface area contributed by atoms with Crippen LogP contribution in [0, 0.1) is 13.8 Å². The third kappa shape index (κ3) is 4.28. The van der Waals surface area contributed by atoms with Gasteiger partial charge in [-0.25, -0.2) is 0 Å². The van der Waals surface area contributed by atoms with Crippen LogP contribution in [0.1, 0.15) is 42.8 Å². The molecule has 5 heteroatoms. The van der Waals surface area contributed by atoms with Gasteiger partial charge in [-0.15, -0.1) is 0 Å². The molecule has 5 nitrogen and oxygen atoms in total. The van der Waals surface area contributed by atoms with Gasteiger partial charge in [0, 0.05) is 18.8 Å². The molecule has 2 atom stereocenters. The molecule has 0 radical (unpaired) electrons. The van der Waals surface area contributed by atoms with Gasteiger partial charge >= 0.3 is 0 Å². The molecule has 0 spiro atoms. The molecule has 1 amide bonds. The van der Waals surface area contributed by atoms with Gasteiger partial charge in [0.15, 0.2) is 0 Å². The van der Waals surface area contributed by atoms with Crippen molar-refractivity contribution in [2.75, 3.05) is 13.1 Å². The van der Waals surface area contributed by atoms with Crippen molar-refractivity contribution >= 4 is 5.91 Å². The first-order valence-corrected chi connectivity index (χ1v) is 9.01. The highest BCUT2D eigenvalue weighted by Gasteiger charge is 2.29. The Labute approximate surface area is 149 Å². The van der Waals surface area contributed by atoms with Crippen LogP contribution >= 0.6 is 0 Å². The second-order valence-corrected chi connectivity index (χ2v) is 6.89. The lowest BCUT2D eigenvalue weighted by Gasteiger charge is -2.34. The average Bonchev–Trinajstić information content (AvgIpc) is 2.98. The van der Waals surface area contributed by atoms with Gasteiger partial charge in [-0.2, -0.15) is 5.10 Å². The minimum absolute atomic E-state index is 0.0714. The third-order valence-electron chi connectivity index (χ3n) is 4.79. The molecule has 0 unspecified atom stereocenters. The number of aromatic nitrogens is 2. The van der Waals surface area contributed by atoms with Crippen LogP contribution < -0.4 is 0 Å². The molecule has 1 saturated heterocycles. The molecule has 1 fully saturated rings. The Morgan fingerprint density at radius 2 is 2.08 bits per heavy atom. The molecule has 2 heterocycles. The zero-order valence-corrected chi connectivity index (χ0v) is 15.3. The predicted molar refractivity (Wildman–Crippen MR) is 97.2 cm³/mol. The molecular weight excluding hydrogens is 314 g/mol. The SMILES string of the molecule is Cc1cc(C)n([C@H]2CCCN(C(=O)[C@H](C)OCc3ccccc3)C2)n1. The van der Waals surface area contributed by atoms with Gasteiger partial charge in [0.25, 0.3) is 5.91 Å². The Hall–Kier alpha value is -2.14. The minimum atomic E-state index is -0.431. The number of likely N-dealkylation sites (tertiary alicyclic amines) is 1. The van der Waals surface area contributed by atoms with Gasteiger partial charge in [0.2, 0.25) is 0 Å². The largest absolute Gasteiger partial charge is 0.364 e. The number of rotatable bonds is 5. The first-order valence-electron chi connectivity index (χ1n) is 9.01. The van der Waals surface area contributed by atoms with Gasteiger partial charge in [0.1, 0.15) is 6.10 Å². The summed E-state index contributed by atoms with van der Waals surface area (Å²) in [5.74, 6) is 0.0714. The van der Waals surface area contributed by atoms with Crippen molar-refractivity contribution in [3.63, 3.8) is 0 Å². The lowest BCUT2D eigenvalue weighted by atomic mass is 10.0. The van der Waals surface area contributed by atoms with Crippen LogP contribution in [-0.2, 0) is 16.1 Å². The summed E-state index contributed by atoms with van der Waals surface area (Å²) >= 11 is 0. The third-order valence-corrected chi connectivity index (χ3v) is 4.79. The maximum Gasteiger partial charge on any atom is 0.251 e. The van der Waals surface area contributed by atoms with Gasteiger partial charge in [-0.1, -0.05) is 30.3 Å². The summed E-state index contributed by atoms with van der Waals surface area (Å²) in [7, 11) is 0. The fraction of sp³-hybridized carbons (Fsp3) is 0.500. The molecule has 3 rings (SSSR count). The van der Waals surface area contributed by atoms with Crippen molar-refractivity contribution in [3.05, 3.63) is 53.3 Å². The Balaban J connectivity index is 1.58. The lowest BCUT2D eigenvalue weighted by Crippen LogP contribution is -2.45. The lowest BCUT2D eigenvalue weighted by molar-refractivity contribution is -0.145. The standard InChI is InChI=1S/C20H27N3O2/c1-15-12-16(2)23(21-15)19-10-7-11-22(13-19)20(24)17(3)25-14-18-8-5-4-6-9-18/h4-6,8-9,12,17,19H,7,10-11,13-14H2,1-3H3/t17-,19-/m0/s1. The Kier molecular flexibility index (Phi) is 5.53. The molecular formula is C20H27N3O2. The molecule has 25 heavy (non-hydrogen) atoms. The molecule has 2 aromatic rings. The van der Waals surface area contributed by atoms with Crippen molar-refractivity contribution in [1.29, 1.82) is 0 Å². The van der Waals surface area contributed by atoms with Crippen LogP contribution in [0.3, 0.4) is 0 Å². The smallest absolute Gasteiger partial charge is 0.251 e. The summed E-state index contributed by atoms with van der Waals surface area (Å²) in [5, 5.41) is 4.60. The van der Waals surface area contributed by atoms with E-state index in [2.05, 4.69) is 22.8 Å². The summed E-state index contributed by atoms with van der Waals surface area (Å²) in [6.07, 6.45) is 1.63. The van der Waals surface area contributed by atoms with Crippen LogP contribution in [0.5, 0.6) is 0 Å². The van der Waals surface area contributed by atoms with Gasteiger partial charge < -0.3 is 9.64 Å². The number of hydrogen-bond acceptors (Lipinski definition) is 3. The molecule has 1 aromatic carbocycles. The number of nitrogens with zero attached hydrogens (tertiary/aromatic N) is 3. The van der Waals surface area contributed by atoms with E-state index in [9.17, 15) is 4.79 Å². The monoisotopic (exact) mass is 341 g/mol. The normalized spacial score (nSPS) is 19.0. The second kappa shape index (κ2) is 7.83. The molecule has 1 aliphatic rings. The second-order valence-electron chi connectivity index (χ2n) is 6.89. The topological polar surface area (TPSA) is 47.4 Å². The van der Waals surface area contributed by atoms with E-state index < -0.39 is 6.10 Å². The quantitative estimate of drug-likeness (QED) is 0.838. The molecule has 134 valence electrons. The van der Waals surface area contributed by atoms with E-state index in [1.54, 1.807) is 0 Å². The van der Waals surface area contributed by atoms with Crippen LogP contribution in [0.15, 0.2) is 36.4 Å². The molecule has 0 N–H and O–H groups in total. The first-order chi connectivity index (χ1) is 12.0. The number of amides is 1. The number of ether oxygens (including phenoxy) is 1. The zero-order chi connectivity index (χ0) is 17.8. The zero-order valence-electron chi connectivity index (χ0n) is 15.3. The molecule has 0 aliphatic carbocycles. The minimum Gasteiger partial charge on any atom is -0.364 e. The van der Waals surface area contributed by atoms with Crippen LogP contribution in [0.4, 0.5) is 0 Å². The Morgan fingerprint density at radius 1 is 1.32 bits per heavy atom.